The molecule has 0 saturated carbocycles. The molecule has 0 aliphatic heterocycles. The van der Waals surface area contributed by atoms with Crippen molar-refractivity contribution in [3.63, 3.8) is 0 Å². The lowest BCUT2D eigenvalue weighted by molar-refractivity contribution is -0.00000402. The van der Waals surface area contributed by atoms with Crippen molar-refractivity contribution in [3.05, 3.63) is 90.5 Å². The molecule has 0 atom stereocenters. The minimum Gasteiger partial charge on any atom is -1.00 e. The van der Waals surface area contributed by atoms with E-state index in [2.05, 4.69) is 91.9 Å². The van der Waals surface area contributed by atoms with Crippen molar-refractivity contribution in [2.75, 3.05) is 0 Å². The van der Waals surface area contributed by atoms with Crippen LogP contribution in [0.15, 0.2) is 99.6 Å². The molecule has 0 saturated heterocycles. The van der Waals surface area contributed by atoms with Crippen molar-refractivity contribution in [1.29, 1.82) is 0 Å². The van der Waals surface area contributed by atoms with Crippen LogP contribution in [-0.2, 0) is 10.9 Å². The van der Waals surface area contributed by atoms with Crippen LogP contribution in [0.25, 0.3) is 0 Å². The molecule has 0 aliphatic carbocycles. The average molecular weight is 313 g/mol. The topological polar surface area (TPSA) is 0 Å². The van der Waals surface area contributed by atoms with E-state index in [0.717, 1.165) is 0 Å². The fourth-order valence-corrected chi connectivity index (χ4v) is 4.53. The third-order valence-corrected chi connectivity index (χ3v) is 5.66. The second kappa shape index (κ2) is 7.35. The Morgan fingerprint density at radius 1 is 0.571 bits per heavy atom. The summed E-state index contributed by atoms with van der Waals surface area (Å²) < 4.78 is 0. The van der Waals surface area contributed by atoms with Gasteiger partial charge in [-0.15, -0.1) is 0 Å². The molecule has 0 aliphatic rings. The molecule has 0 aromatic heterocycles. The summed E-state index contributed by atoms with van der Waals surface area (Å²) in [7, 11) is -0.0262. The number of rotatable bonds is 3. The van der Waals surface area contributed by atoms with Crippen molar-refractivity contribution < 1.29 is 12.4 Å². The minimum absolute atomic E-state index is 0. The molecule has 2 heteroatoms. The van der Waals surface area contributed by atoms with Crippen LogP contribution >= 0.6 is 0 Å². The fraction of sp³-hybridized carbons (Fsp3) is 0.0526. The number of hydrogen-bond donors (Lipinski definition) is 0. The highest BCUT2D eigenvalue weighted by Crippen LogP contribution is 2.32. The SMILES string of the molecule is Cc1ccccc1[S+](c1ccccc1)c1ccccc1.[Cl-]. The summed E-state index contributed by atoms with van der Waals surface area (Å²) in [6, 6.07) is 30.2. The Kier molecular flexibility index (Phi) is 5.49. The molecule has 0 N–H and O–H groups in total. The van der Waals surface area contributed by atoms with Crippen LogP contribution in [-0.4, -0.2) is 0 Å². The second-order valence-corrected chi connectivity index (χ2v) is 6.69. The molecule has 3 rings (SSSR count). The Morgan fingerprint density at radius 2 is 1.00 bits per heavy atom. The molecule has 0 nitrogen and oxygen atoms in total. The number of hydrogen-bond acceptors (Lipinski definition) is 0. The van der Waals surface area contributed by atoms with Crippen molar-refractivity contribution >= 4 is 10.9 Å². The summed E-state index contributed by atoms with van der Waals surface area (Å²) in [6.07, 6.45) is 0. The predicted molar refractivity (Wildman–Crippen MR) is 86.2 cm³/mol. The zero-order chi connectivity index (χ0) is 13.8. The van der Waals surface area contributed by atoms with Gasteiger partial charge in [0.1, 0.15) is 0 Å². The van der Waals surface area contributed by atoms with Gasteiger partial charge in [0.25, 0.3) is 0 Å². The predicted octanol–water partition coefficient (Wildman–Crippen LogP) is 2.09. The first-order chi connectivity index (χ1) is 9.86. The third-order valence-electron chi connectivity index (χ3n) is 3.27. The zero-order valence-corrected chi connectivity index (χ0v) is 13.4. The maximum Gasteiger partial charge on any atom is 0.169 e. The summed E-state index contributed by atoms with van der Waals surface area (Å²) in [6.45, 7) is 2.20. The molecule has 0 heterocycles. The van der Waals surface area contributed by atoms with Crippen LogP contribution in [0.5, 0.6) is 0 Å². The largest absolute Gasteiger partial charge is 1.00 e. The van der Waals surface area contributed by atoms with Gasteiger partial charge in [-0.05, 0) is 37.3 Å². The quantitative estimate of drug-likeness (QED) is 0.650. The molecule has 0 amide bonds. The summed E-state index contributed by atoms with van der Waals surface area (Å²) in [5.74, 6) is 0. The normalized spacial score (nSPS) is 10.2. The van der Waals surface area contributed by atoms with Gasteiger partial charge < -0.3 is 12.4 Å². The Labute approximate surface area is 135 Å². The summed E-state index contributed by atoms with van der Waals surface area (Å²) in [5.41, 5.74) is 1.35. The number of halogens is 1. The Bertz CT molecular complexity index is 641. The van der Waals surface area contributed by atoms with E-state index in [4.69, 9.17) is 0 Å². The number of aryl methyl sites for hydroxylation is 1. The van der Waals surface area contributed by atoms with Gasteiger partial charge in [0.2, 0.25) is 0 Å². The maximum atomic E-state index is 2.25. The summed E-state index contributed by atoms with van der Waals surface area (Å²) >= 11 is 0. The lowest BCUT2D eigenvalue weighted by Gasteiger charge is -2.09. The van der Waals surface area contributed by atoms with Crippen LogP contribution in [0, 0.1) is 6.92 Å². The van der Waals surface area contributed by atoms with E-state index in [1.807, 2.05) is 0 Å². The van der Waals surface area contributed by atoms with Crippen LogP contribution in [0.2, 0.25) is 0 Å². The van der Waals surface area contributed by atoms with Gasteiger partial charge in [-0.25, -0.2) is 0 Å². The molecule has 0 fully saturated rings. The summed E-state index contributed by atoms with van der Waals surface area (Å²) in [4.78, 5) is 4.14. The van der Waals surface area contributed by atoms with E-state index in [1.54, 1.807) is 0 Å². The Hall–Kier alpha value is -1.70. The fourth-order valence-electron chi connectivity index (χ4n) is 2.29. The average Bonchev–Trinajstić information content (AvgIpc) is 2.52. The highest BCUT2D eigenvalue weighted by Gasteiger charge is 2.29. The van der Waals surface area contributed by atoms with Crippen LogP contribution in [0.1, 0.15) is 5.56 Å². The molecule has 3 aromatic rings. The first-order valence-corrected chi connectivity index (χ1v) is 7.99. The highest BCUT2D eigenvalue weighted by molar-refractivity contribution is 7.97. The van der Waals surface area contributed by atoms with E-state index in [9.17, 15) is 0 Å². The Morgan fingerprint density at radius 3 is 1.48 bits per heavy atom. The van der Waals surface area contributed by atoms with Crippen LogP contribution < -0.4 is 12.4 Å². The van der Waals surface area contributed by atoms with Crippen molar-refractivity contribution in [2.24, 2.45) is 0 Å². The molecule has 0 radical (unpaired) electrons. The molecular formula is C19H17ClS. The second-order valence-electron chi connectivity index (χ2n) is 4.70. The van der Waals surface area contributed by atoms with Gasteiger partial charge in [-0.2, -0.15) is 0 Å². The molecule has 3 aromatic carbocycles. The van der Waals surface area contributed by atoms with E-state index in [-0.39, 0.29) is 23.3 Å². The first kappa shape index (κ1) is 15.7. The monoisotopic (exact) mass is 312 g/mol. The third kappa shape index (κ3) is 3.49. The summed E-state index contributed by atoms with van der Waals surface area (Å²) in [5, 5.41) is 0. The van der Waals surface area contributed by atoms with Gasteiger partial charge in [-0.3, -0.25) is 0 Å². The maximum absolute atomic E-state index is 2.25. The van der Waals surface area contributed by atoms with Gasteiger partial charge in [0.15, 0.2) is 14.7 Å². The van der Waals surface area contributed by atoms with E-state index in [1.165, 1.54) is 20.2 Å². The van der Waals surface area contributed by atoms with Gasteiger partial charge in [0, 0.05) is 5.56 Å². The molecule has 0 spiro atoms. The van der Waals surface area contributed by atoms with E-state index < -0.39 is 0 Å². The molecule has 0 bridgehead atoms. The van der Waals surface area contributed by atoms with E-state index in [0.29, 0.717) is 0 Å². The smallest absolute Gasteiger partial charge is 0.169 e. The molecular weight excluding hydrogens is 296 g/mol. The number of benzene rings is 3. The van der Waals surface area contributed by atoms with Crippen molar-refractivity contribution in [3.8, 4) is 0 Å². The molecule has 21 heavy (non-hydrogen) atoms. The Balaban J connectivity index is 0.00000161. The van der Waals surface area contributed by atoms with Crippen LogP contribution in [0.4, 0.5) is 0 Å². The van der Waals surface area contributed by atoms with Gasteiger partial charge in [0.05, 0.1) is 10.9 Å². The lowest BCUT2D eigenvalue weighted by Crippen LogP contribution is -3.00. The lowest BCUT2D eigenvalue weighted by atomic mass is 10.2. The van der Waals surface area contributed by atoms with Crippen molar-refractivity contribution in [2.45, 2.75) is 21.6 Å². The first-order valence-electron chi connectivity index (χ1n) is 6.76. The molecule has 106 valence electrons. The van der Waals surface area contributed by atoms with Gasteiger partial charge >= 0.3 is 0 Å². The van der Waals surface area contributed by atoms with Crippen LogP contribution in [0.3, 0.4) is 0 Å². The molecule has 0 unspecified atom stereocenters. The zero-order valence-electron chi connectivity index (χ0n) is 11.9. The van der Waals surface area contributed by atoms with Crippen molar-refractivity contribution in [1.82, 2.24) is 0 Å². The van der Waals surface area contributed by atoms with Gasteiger partial charge in [-0.1, -0.05) is 54.6 Å². The van der Waals surface area contributed by atoms with E-state index >= 15 is 0 Å². The minimum atomic E-state index is -0.0262. The highest BCUT2D eigenvalue weighted by atomic mass is 35.5. The standard InChI is InChI=1S/C19H17S.ClH/c1-16-10-8-9-15-19(16)20(17-11-4-2-5-12-17)18-13-6-3-7-14-18;/h2-15H,1H3;1H/q+1;/p-1.